The highest BCUT2D eigenvalue weighted by Gasteiger charge is 2.30. The van der Waals surface area contributed by atoms with E-state index in [4.69, 9.17) is 23.2 Å². The highest BCUT2D eigenvalue weighted by atomic mass is 35.5. The third-order valence-electron chi connectivity index (χ3n) is 3.97. The van der Waals surface area contributed by atoms with Crippen molar-refractivity contribution >= 4 is 23.2 Å². The summed E-state index contributed by atoms with van der Waals surface area (Å²) in [6.45, 7) is 2.49. The zero-order chi connectivity index (χ0) is 15.1. The molecule has 0 amide bonds. The summed E-state index contributed by atoms with van der Waals surface area (Å²) in [7, 11) is 0. The number of benzene rings is 1. The number of nitrogens with zero attached hydrogens (tertiary/aromatic N) is 2. The molecule has 4 nitrogen and oxygen atoms in total. The number of phenolic OH excluding ortho intramolecular Hbond substituents is 1. The van der Waals surface area contributed by atoms with Gasteiger partial charge in [-0.2, -0.15) is 0 Å². The van der Waals surface area contributed by atoms with E-state index in [1.807, 2.05) is 6.92 Å². The predicted molar refractivity (Wildman–Crippen MR) is 82.4 cm³/mol. The molecule has 2 aromatic rings. The third kappa shape index (κ3) is 2.32. The van der Waals surface area contributed by atoms with Crippen LogP contribution in [-0.4, -0.2) is 14.7 Å². The maximum atomic E-state index is 12.3. The number of fused-ring (bicyclic) bond motifs is 1. The third-order valence-corrected chi connectivity index (χ3v) is 4.79. The SMILES string of the molecule is CCn1cnc2c(c1=O)CC(c1c(O)ccc(Cl)c1Cl)C2. The Morgan fingerprint density at radius 1 is 1.38 bits per heavy atom. The zero-order valence-corrected chi connectivity index (χ0v) is 12.9. The van der Waals surface area contributed by atoms with E-state index < -0.39 is 0 Å². The minimum atomic E-state index is -0.0703. The Kier molecular flexibility index (Phi) is 3.68. The maximum Gasteiger partial charge on any atom is 0.256 e. The van der Waals surface area contributed by atoms with Gasteiger partial charge in [0.15, 0.2) is 0 Å². The first kappa shape index (κ1) is 14.4. The van der Waals surface area contributed by atoms with Gasteiger partial charge in [0.25, 0.3) is 5.56 Å². The van der Waals surface area contributed by atoms with E-state index in [-0.39, 0.29) is 17.2 Å². The fourth-order valence-corrected chi connectivity index (χ4v) is 3.35. The fraction of sp³-hybridized carbons (Fsp3) is 0.333. The average Bonchev–Trinajstić information content (AvgIpc) is 2.88. The summed E-state index contributed by atoms with van der Waals surface area (Å²) in [5.41, 5.74) is 2.08. The Bertz CT molecular complexity index is 771. The van der Waals surface area contributed by atoms with Crippen molar-refractivity contribution in [2.24, 2.45) is 0 Å². The van der Waals surface area contributed by atoms with Gasteiger partial charge in [-0.15, -0.1) is 0 Å². The quantitative estimate of drug-likeness (QED) is 0.923. The average molecular weight is 325 g/mol. The summed E-state index contributed by atoms with van der Waals surface area (Å²) in [6.07, 6.45) is 2.68. The van der Waals surface area contributed by atoms with Gasteiger partial charge in [0.1, 0.15) is 5.75 Å². The molecule has 1 aliphatic rings. The monoisotopic (exact) mass is 324 g/mol. The molecule has 0 bridgehead atoms. The van der Waals surface area contributed by atoms with Crippen molar-refractivity contribution in [3.05, 3.63) is 55.7 Å². The molecule has 0 radical (unpaired) electrons. The van der Waals surface area contributed by atoms with Gasteiger partial charge in [-0.05, 0) is 37.8 Å². The number of hydrogen-bond donors (Lipinski definition) is 1. The van der Waals surface area contributed by atoms with Crippen molar-refractivity contribution in [2.75, 3.05) is 0 Å². The van der Waals surface area contributed by atoms with Crippen LogP contribution in [0.4, 0.5) is 0 Å². The van der Waals surface area contributed by atoms with E-state index in [0.29, 0.717) is 40.6 Å². The molecule has 1 N–H and O–H groups in total. The van der Waals surface area contributed by atoms with Crippen LogP contribution in [0.15, 0.2) is 23.3 Å². The van der Waals surface area contributed by atoms with Gasteiger partial charge < -0.3 is 5.11 Å². The molecule has 21 heavy (non-hydrogen) atoms. The van der Waals surface area contributed by atoms with E-state index in [0.717, 1.165) is 5.69 Å². The first-order valence-electron chi connectivity index (χ1n) is 6.77. The number of halogens is 2. The lowest BCUT2D eigenvalue weighted by molar-refractivity contribution is 0.461. The Balaban J connectivity index is 2.05. The molecule has 1 aliphatic carbocycles. The second kappa shape index (κ2) is 5.35. The predicted octanol–water partition coefficient (Wildman–Crippen LogP) is 3.16. The fourth-order valence-electron chi connectivity index (χ4n) is 2.87. The summed E-state index contributed by atoms with van der Waals surface area (Å²) in [5.74, 6) is 0.0390. The molecule has 1 aromatic carbocycles. The van der Waals surface area contributed by atoms with Gasteiger partial charge in [-0.25, -0.2) is 4.98 Å². The van der Waals surface area contributed by atoms with Gasteiger partial charge in [0.2, 0.25) is 0 Å². The number of rotatable bonds is 2. The van der Waals surface area contributed by atoms with E-state index in [1.54, 1.807) is 17.0 Å². The van der Waals surface area contributed by atoms with Crippen LogP contribution >= 0.6 is 23.2 Å². The van der Waals surface area contributed by atoms with Gasteiger partial charge in [-0.1, -0.05) is 23.2 Å². The second-order valence-electron chi connectivity index (χ2n) is 5.16. The molecule has 3 rings (SSSR count). The minimum absolute atomic E-state index is 0.0114. The summed E-state index contributed by atoms with van der Waals surface area (Å²) in [5, 5.41) is 10.8. The molecule has 0 spiro atoms. The van der Waals surface area contributed by atoms with Crippen molar-refractivity contribution in [3.63, 3.8) is 0 Å². The van der Waals surface area contributed by atoms with Crippen LogP contribution in [0.1, 0.15) is 29.7 Å². The van der Waals surface area contributed by atoms with Crippen molar-refractivity contribution < 1.29 is 5.11 Å². The number of phenols is 1. The Hall–Kier alpha value is -1.52. The molecule has 110 valence electrons. The minimum Gasteiger partial charge on any atom is -0.508 e. The van der Waals surface area contributed by atoms with Crippen molar-refractivity contribution in [3.8, 4) is 5.75 Å². The Labute approximate surface area is 132 Å². The molecule has 0 aliphatic heterocycles. The van der Waals surface area contributed by atoms with E-state index in [2.05, 4.69) is 4.98 Å². The van der Waals surface area contributed by atoms with Crippen LogP contribution < -0.4 is 5.56 Å². The molecule has 1 aromatic heterocycles. The normalized spacial score (nSPS) is 17.0. The molecule has 0 fully saturated rings. The van der Waals surface area contributed by atoms with Gasteiger partial charge >= 0.3 is 0 Å². The van der Waals surface area contributed by atoms with Crippen LogP contribution in [0, 0.1) is 0 Å². The molecule has 1 unspecified atom stereocenters. The smallest absolute Gasteiger partial charge is 0.256 e. The molecular weight excluding hydrogens is 311 g/mol. The molecule has 0 saturated carbocycles. The van der Waals surface area contributed by atoms with Crippen LogP contribution in [0.2, 0.25) is 10.0 Å². The largest absolute Gasteiger partial charge is 0.508 e. The lowest BCUT2D eigenvalue weighted by atomic mass is 9.95. The van der Waals surface area contributed by atoms with Crippen LogP contribution in [-0.2, 0) is 19.4 Å². The molecule has 0 saturated heterocycles. The molecular formula is C15H14Cl2N2O2. The van der Waals surface area contributed by atoms with E-state index >= 15 is 0 Å². The first-order valence-corrected chi connectivity index (χ1v) is 7.52. The Morgan fingerprint density at radius 3 is 2.86 bits per heavy atom. The van der Waals surface area contributed by atoms with Crippen LogP contribution in [0.25, 0.3) is 0 Å². The molecule has 6 heteroatoms. The van der Waals surface area contributed by atoms with Crippen LogP contribution in [0.3, 0.4) is 0 Å². The number of aromatic nitrogens is 2. The topological polar surface area (TPSA) is 55.1 Å². The maximum absolute atomic E-state index is 12.3. The first-order chi connectivity index (χ1) is 10.0. The van der Waals surface area contributed by atoms with Crippen molar-refractivity contribution in [1.82, 2.24) is 9.55 Å². The highest BCUT2D eigenvalue weighted by molar-refractivity contribution is 6.42. The number of hydrogen-bond acceptors (Lipinski definition) is 3. The summed E-state index contributed by atoms with van der Waals surface area (Å²) in [4.78, 5) is 16.7. The van der Waals surface area contributed by atoms with Crippen molar-refractivity contribution in [1.29, 1.82) is 0 Å². The zero-order valence-electron chi connectivity index (χ0n) is 11.4. The second-order valence-corrected chi connectivity index (χ2v) is 5.95. The number of aromatic hydroxyl groups is 1. The van der Waals surface area contributed by atoms with E-state index in [1.165, 1.54) is 6.07 Å². The number of aryl methyl sites for hydroxylation is 1. The summed E-state index contributed by atoms with van der Waals surface area (Å²) < 4.78 is 1.58. The van der Waals surface area contributed by atoms with Gasteiger partial charge in [0.05, 0.1) is 22.1 Å². The van der Waals surface area contributed by atoms with Gasteiger partial charge in [0, 0.05) is 17.7 Å². The molecule has 1 atom stereocenters. The van der Waals surface area contributed by atoms with Crippen molar-refractivity contribution in [2.45, 2.75) is 32.2 Å². The highest BCUT2D eigenvalue weighted by Crippen LogP contribution is 2.42. The Morgan fingerprint density at radius 2 is 2.14 bits per heavy atom. The molecule has 1 heterocycles. The lowest BCUT2D eigenvalue weighted by Crippen LogP contribution is -2.23. The standard InChI is InChI=1S/C15H14Cl2N2O2/c1-2-19-7-18-11-6-8(5-9(11)15(19)21)13-12(20)4-3-10(16)14(13)17/h3-4,7-8,20H,2,5-6H2,1H3. The summed E-state index contributed by atoms with van der Waals surface area (Å²) >= 11 is 12.3. The summed E-state index contributed by atoms with van der Waals surface area (Å²) in [6, 6.07) is 3.09. The lowest BCUT2D eigenvalue weighted by Gasteiger charge is -2.14. The van der Waals surface area contributed by atoms with E-state index in [9.17, 15) is 9.90 Å². The van der Waals surface area contributed by atoms with Crippen LogP contribution in [0.5, 0.6) is 5.75 Å². The van der Waals surface area contributed by atoms with Gasteiger partial charge in [-0.3, -0.25) is 9.36 Å².